The lowest BCUT2D eigenvalue weighted by Crippen LogP contribution is -2.35. The Morgan fingerprint density at radius 3 is 2.46 bits per heavy atom. The molecule has 0 saturated heterocycles. The molecular formula is C22H34FN9O4S. The van der Waals surface area contributed by atoms with E-state index < -0.39 is 27.6 Å². The summed E-state index contributed by atoms with van der Waals surface area (Å²) < 4.78 is 40.6. The second kappa shape index (κ2) is 14.9. The van der Waals surface area contributed by atoms with Gasteiger partial charge in [-0.25, -0.2) is 27.1 Å². The van der Waals surface area contributed by atoms with Gasteiger partial charge in [-0.15, -0.1) is 0 Å². The maximum Gasteiger partial charge on any atom is 0.349 e. The van der Waals surface area contributed by atoms with Gasteiger partial charge in [0.25, 0.3) is 10.0 Å². The minimum absolute atomic E-state index is 0.0597. The predicted molar refractivity (Wildman–Crippen MR) is 139 cm³/mol. The van der Waals surface area contributed by atoms with Gasteiger partial charge in [0.2, 0.25) is 0 Å². The van der Waals surface area contributed by atoms with Crippen LogP contribution in [0.1, 0.15) is 32.1 Å². The van der Waals surface area contributed by atoms with Crippen LogP contribution in [-0.2, 0) is 16.6 Å². The first-order chi connectivity index (χ1) is 17.6. The first-order valence-corrected chi connectivity index (χ1v) is 13.2. The fourth-order valence-corrected chi connectivity index (χ4v) is 4.32. The Balaban J connectivity index is 1.88. The van der Waals surface area contributed by atoms with E-state index in [1.54, 1.807) is 4.72 Å². The highest BCUT2D eigenvalue weighted by Gasteiger charge is 2.18. The Labute approximate surface area is 214 Å². The predicted octanol–water partition coefficient (Wildman–Crippen LogP) is 0.0336. The van der Waals surface area contributed by atoms with E-state index in [9.17, 15) is 22.4 Å². The number of nitrogens with two attached hydrogens (primary N) is 3. The summed E-state index contributed by atoms with van der Waals surface area (Å²) in [6.45, 7) is 2.31. The van der Waals surface area contributed by atoms with E-state index in [4.69, 9.17) is 17.2 Å². The summed E-state index contributed by atoms with van der Waals surface area (Å²) in [5, 5.41) is 5.67. The minimum atomic E-state index is -4.23. The molecule has 1 aromatic heterocycles. The molecule has 0 unspecified atom stereocenters. The van der Waals surface area contributed by atoms with Gasteiger partial charge in [0.15, 0.2) is 5.96 Å². The number of benzene rings is 1. The average molecular weight is 540 g/mol. The van der Waals surface area contributed by atoms with Crippen molar-refractivity contribution in [2.45, 2.75) is 49.6 Å². The van der Waals surface area contributed by atoms with Gasteiger partial charge in [0.05, 0.1) is 4.90 Å². The van der Waals surface area contributed by atoms with E-state index in [1.807, 2.05) is 0 Å². The molecule has 0 radical (unpaired) electrons. The number of aryl methyl sites for hydroxylation is 1. The van der Waals surface area contributed by atoms with Gasteiger partial charge in [-0.1, -0.05) is 0 Å². The summed E-state index contributed by atoms with van der Waals surface area (Å²) in [6.07, 6.45) is 5.46. The molecule has 0 spiro atoms. The van der Waals surface area contributed by atoms with Crippen molar-refractivity contribution in [3.63, 3.8) is 0 Å². The van der Waals surface area contributed by atoms with Crippen molar-refractivity contribution in [2.75, 3.05) is 25.0 Å². The van der Waals surface area contributed by atoms with Gasteiger partial charge in [0, 0.05) is 25.3 Å². The van der Waals surface area contributed by atoms with Crippen molar-refractivity contribution in [3.8, 4) is 0 Å². The Morgan fingerprint density at radius 2 is 1.81 bits per heavy atom. The summed E-state index contributed by atoms with van der Waals surface area (Å²) in [5.74, 6) is -0.673. The molecule has 0 bridgehead atoms. The number of carbonyl (C=O) groups excluding carboxylic acids is 1. The number of rotatable bonds is 15. The average Bonchev–Trinajstić information content (AvgIpc) is 2.82. The van der Waals surface area contributed by atoms with Crippen LogP contribution in [0.15, 0.2) is 51.2 Å². The van der Waals surface area contributed by atoms with E-state index in [0.29, 0.717) is 26.1 Å². The van der Waals surface area contributed by atoms with E-state index in [2.05, 4.69) is 20.6 Å². The molecule has 0 aliphatic heterocycles. The topological polar surface area (TPSA) is 213 Å². The number of guanidine groups is 1. The molecule has 1 atom stereocenters. The third-order valence-corrected chi connectivity index (χ3v) is 6.58. The van der Waals surface area contributed by atoms with Crippen LogP contribution in [0.5, 0.6) is 0 Å². The standard InChI is InChI=1S/C22H34FN9O4S/c23-16-6-8-18(9-7-16)37(35,36)31-21(33)29-19-10-15-32(22(34)30-19)14-2-5-17(27-13-3-11-24)4-1-12-28-20(25)26/h6-10,15,17,27H,1-5,11-14,24H2,(H4,25,26,28)(H2,29,30,31,33,34)/t17-/m0/s1. The number of amides is 2. The van der Waals surface area contributed by atoms with Crippen molar-refractivity contribution < 1.29 is 17.6 Å². The van der Waals surface area contributed by atoms with Crippen LogP contribution < -0.4 is 38.2 Å². The minimum Gasteiger partial charge on any atom is -0.370 e. The number of carbonyl (C=O) groups is 1. The largest absolute Gasteiger partial charge is 0.370 e. The molecule has 0 saturated carbocycles. The third-order valence-electron chi connectivity index (χ3n) is 5.24. The maximum atomic E-state index is 13.0. The fraction of sp³-hybridized carbons (Fsp3) is 0.455. The zero-order valence-corrected chi connectivity index (χ0v) is 21.2. The summed E-state index contributed by atoms with van der Waals surface area (Å²) in [7, 11) is -4.23. The van der Waals surface area contributed by atoms with Crippen molar-refractivity contribution in [1.82, 2.24) is 19.6 Å². The first-order valence-electron chi connectivity index (χ1n) is 11.8. The summed E-state index contributed by atoms with van der Waals surface area (Å²) in [4.78, 5) is 32.0. The summed E-state index contributed by atoms with van der Waals surface area (Å²) in [5.41, 5.74) is 15.7. The molecule has 2 amide bonds. The van der Waals surface area contributed by atoms with E-state index in [-0.39, 0.29) is 22.7 Å². The number of anilines is 1. The van der Waals surface area contributed by atoms with Crippen LogP contribution in [0, 0.1) is 5.82 Å². The van der Waals surface area contributed by atoms with Crippen LogP contribution in [-0.4, -0.2) is 55.6 Å². The second-order valence-corrected chi connectivity index (χ2v) is 9.87. The number of hydrogen-bond acceptors (Lipinski definition) is 8. The highest BCUT2D eigenvalue weighted by Crippen LogP contribution is 2.10. The molecule has 0 aliphatic carbocycles. The van der Waals surface area contributed by atoms with Gasteiger partial charge in [-0.05, 0) is 75.5 Å². The molecule has 2 rings (SSSR count). The molecule has 37 heavy (non-hydrogen) atoms. The van der Waals surface area contributed by atoms with Crippen molar-refractivity contribution in [3.05, 3.63) is 52.8 Å². The lowest BCUT2D eigenvalue weighted by molar-refractivity contribution is 0.256. The van der Waals surface area contributed by atoms with Gasteiger partial charge in [0.1, 0.15) is 11.6 Å². The Kier molecular flexibility index (Phi) is 11.9. The Bertz CT molecular complexity index is 1200. The fourth-order valence-electron chi connectivity index (χ4n) is 3.42. The lowest BCUT2D eigenvalue weighted by atomic mass is 10.1. The SMILES string of the molecule is NCCCN[C@@H](CCCN=C(N)N)CCCn1ccc(NC(=O)NS(=O)(=O)c2ccc(F)cc2)nc1=O. The van der Waals surface area contributed by atoms with Crippen molar-refractivity contribution in [1.29, 1.82) is 0 Å². The first kappa shape index (κ1) is 29.7. The number of sulfonamides is 1. The molecule has 0 aliphatic rings. The molecular weight excluding hydrogens is 505 g/mol. The number of nitrogens with zero attached hydrogens (tertiary/aromatic N) is 3. The summed E-state index contributed by atoms with van der Waals surface area (Å²) in [6, 6.07) is 4.44. The summed E-state index contributed by atoms with van der Waals surface area (Å²) >= 11 is 0. The second-order valence-electron chi connectivity index (χ2n) is 8.19. The number of nitrogens with one attached hydrogen (secondary N) is 3. The zero-order valence-electron chi connectivity index (χ0n) is 20.4. The van der Waals surface area contributed by atoms with Crippen LogP contribution in [0.2, 0.25) is 0 Å². The van der Waals surface area contributed by atoms with Gasteiger partial charge in [-0.3, -0.25) is 14.9 Å². The monoisotopic (exact) mass is 539 g/mol. The van der Waals surface area contributed by atoms with E-state index in [0.717, 1.165) is 56.5 Å². The zero-order chi connectivity index (χ0) is 27.3. The van der Waals surface area contributed by atoms with Crippen molar-refractivity contribution in [2.24, 2.45) is 22.2 Å². The molecule has 13 nitrogen and oxygen atoms in total. The molecule has 9 N–H and O–H groups in total. The molecule has 1 heterocycles. The van der Waals surface area contributed by atoms with Gasteiger partial charge in [-0.2, -0.15) is 4.98 Å². The Morgan fingerprint density at radius 1 is 1.11 bits per heavy atom. The Hall–Kier alpha value is -3.56. The molecule has 1 aromatic carbocycles. The smallest absolute Gasteiger partial charge is 0.349 e. The molecule has 0 fully saturated rings. The number of urea groups is 1. The van der Waals surface area contributed by atoms with Crippen LogP contribution in [0.3, 0.4) is 0 Å². The van der Waals surface area contributed by atoms with E-state index in [1.165, 1.54) is 16.8 Å². The molecule has 15 heteroatoms. The normalized spacial score (nSPS) is 12.1. The van der Waals surface area contributed by atoms with E-state index >= 15 is 0 Å². The highest BCUT2D eigenvalue weighted by molar-refractivity contribution is 7.90. The maximum absolute atomic E-state index is 13.0. The molecule has 2 aromatic rings. The van der Waals surface area contributed by atoms with Crippen LogP contribution in [0.25, 0.3) is 0 Å². The number of aliphatic imine (C=N–C) groups is 1. The van der Waals surface area contributed by atoms with Crippen LogP contribution >= 0.6 is 0 Å². The quantitative estimate of drug-likeness (QED) is 0.102. The van der Waals surface area contributed by atoms with Crippen molar-refractivity contribution >= 4 is 27.8 Å². The van der Waals surface area contributed by atoms with Crippen LogP contribution in [0.4, 0.5) is 15.0 Å². The third kappa shape index (κ3) is 10.9. The molecule has 204 valence electrons. The number of aromatic nitrogens is 2. The number of hydrogen-bond donors (Lipinski definition) is 6. The number of halogens is 1. The lowest BCUT2D eigenvalue weighted by Gasteiger charge is -2.18. The van der Waals surface area contributed by atoms with Gasteiger partial charge < -0.3 is 22.5 Å². The highest BCUT2D eigenvalue weighted by atomic mass is 32.2. The van der Waals surface area contributed by atoms with Gasteiger partial charge >= 0.3 is 11.7 Å².